The summed E-state index contributed by atoms with van der Waals surface area (Å²) < 4.78 is 37.6. The molecule has 1 heterocycles. The average molecular weight is 207 g/mol. The molecule has 0 saturated carbocycles. The van der Waals surface area contributed by atoms with E-state index in [1.165, 1.54) is 6.92 Å². The number of primary amides is 1. The number of hydrogen-bond acceptors (Lipinski definition) is 2. The third kappa shape index (κ3) is 1.86. The topological polar surface area (TPSA) is 60.9 Å². The minimum atomic E-state index is -4.52. The average Bonchev–Trinajstić information content (AvgIpc) is 2.46. The van der Waals surface area contributed by atoms with Gasteiger partial charge in [-0.25, -0.2) is 0 Å². The molecule has 1 rings (SSSR count). The highest BCUT2D eigenvalue weighted by molar-refractivity contribution is 5.90. The van der Waals surface area contributed by atoms with Crippen LogP contribution in [0.4, 0.5) is 13.2 Å². The van der Waals surface area contributed by atoms with E-state index in [1.807, 2.05) is 0 Å². The Balaban J connectivity index is 3.22. The number of aryl methyl sites for hydroxylation is 1. The van der Waals surface area contributed by atoms with Crippen molar-refractivity contribution >= 4 is 5.91 Å². The molecule has 0 atom stereocenters. The molecule has 0 saturated heterocycles. The normalized spacial score (nSPS) is 11.7. The van der Waals surface area contributed by atoms with Crippen LogP contribution in [0.2, 0.25) is 0 Å². The van der Waals surface area contributed by atoms with Gasteiger partial charge in [-0.3, -0.25) is 9.48 Å². The van der Waals surface area contributed by atoms with Gasteiger partial charge in [0.25, 0.3) is 5.91 Å². The third-order valence-electron chi connectivity index (χ3n) is 1.62. The van der Waals surface area contributed by atoms with Crippen molar-refractivity contribution in [3.8, 4) is 0 Å². The molecule has 1 amide bonds. The number of nitrogens with two attached hydrogens (primary N) is 1. The number of halogens is 3. The van der Waals surface area contributed by atoms with Gasteiger partial charge in [-0.1, -0.05) is 0 Å². The molecular formula is C7H8F3N3O. The van der Waals surface area contributed by atoms with E-state index >= 15 is 0 Å². The Bertz CT molecular complexity index is 356. The number of carbonyl (C=O) groups excluding carboxylic acids is 1. The minimum absolute atomic E-state index is 0.0299. The summed E-state index contributed by atoms with van der Waals surface area (Å²) in [6.07, 6.45) is -4.52. The number of amides is 1. The Labute approximate surface area is 77.5 Å². The highest BCUT2D eigenvalue weighted by Crippen LogP contribution is 2.29. The standard InChI is InChI=1S/C7H8F3N3O/c1-2-13-5(7(8,9)10)3-4(12-13)6(11)14/h3H,2H2,1H3,(H2,11,14). The van der Waals surface area contributed by atoms with E-state index in [2.05, 4.69) is 5.10 Å². The van der Waals surface area contributed by atoms with Crippen molar-refractivity contribution < 1.29 is 18.0 Å². The number of aromatic nitrogens is 2. The third-order valence-corrected chi connectivity index (χ3v) is 1.62. The number of nitrogens with zero attached hydrogens (tertiary/aromatic N) is 2. The highest BCUT2D eigenvalue weighted by Gasteiger charge is 2.35. The van der Waals surface area contributed by atoms with Crippen LogP contribution in [0, 0.1) is 0 Å². The van der Waals surface area contributed by atoms with Crippen molar-refractivity contribution in [2.75, 3.05) is 0 Å². The minimum Gasteiger partial charge on any atom is -0.364 e. The van der Waals surface area contributed by atoms with E-state index in [9.17, 15) is 18.0 Å². The second kappa shape index (κ2) is 3.32. The summed E-state index contributed by atoms with van der Waals surface area (Å²) in [6, 6.07) is 0.645. The van der Waals surface area contributed by atoms with Crippen LogP contribution < -0.4 is 5.73 Å². The summed E-state index contributed by atoms with van der Waals surface area (Å²) >= 11 is 0. The molecule has 0 fully saturated rings. The molecule has 0 spiro atoms. The van der Waals surface area contributed by atoms with Gasteiger partial charge in [0.05, 0.1) is 0 Å². The molecule has 0 aliphatic rings. The van der Waals surface area contributed by atoms with E-state index < -0.39 is 17.8 Å². The fourth-order valence-corrected chi connectivity index (χ4v) is 1.01. The maximum absolute atomic E-state index is 12.3. The summed E-state index contributed by atoms with van der Waals surface area (Å²) in [7, 11) is 0. The van der Waals surface area contributed by atoms with Crippen molar-refractivity contribution in [1.29, 1.82) is 0 Å². The summed E-state index contributed by atoms with van der Waals surface area (Å²) in [5.41, 5.74) is 3.47. The van der Waals surface area contributed by atoms with Gasteiger partial charge in [0.2, 0.25) is 0 Å². The summed E-state index contributed by atoms with van der Waals surface area (Å²) in [6.45, 7) is 1.52. The quantitative estimate of drug-likeness (QED) is 0.786. The first-order valence-electron chi connectivity index (χ1n) is 3.81. The molecule has 0 aliphatic heterocycles. The number of carbonyl (C=O) groups is 1. The second-order valence-electron chi connectivity index (χ2n) is 2.59. The molecule has 14 heavy (non-hydrogen) atoms. The molecule has 0 bridgehead atoms. The van der Waals surface area contributed by atoms with E-state index in [4.69, 9.17) is 5.73 Å². The Morgan fingerprint density at radius 3 is 2.50 bits per heavy atom. The van der Waals surface area contributed by atoms with Crippen molar-refractivity contribution in [2.45, 2.75) is 19.6 Å². The van der Waals surface area contributed by atoms with E-state index in [1.54, 1.807) is 0 Å². The Morgan fingerprint density at radius 2 is 2.21 bits per heavy atom. The lowest BCUT2D eigenvalue weighted by Gasteiger charge is -2.06. The number of rotatable bonds is 2. The maximum atomic E-state index is 12.3. The summed E-state index contributed by atoms with van der Waals surface area (Å²) in [5, 5.41) is 3.42. The van der Waals surface area contributed by atoms with Gasteiger partial charge in [-0.05, 0) is 6.92 Å². The van der Waals surface area contributed by atoms with Crippen molar-refractivity contribution in [3.05, 3.63) is 17.5 Å². The lowest BCUT2D eigenvalue weighted by atomic mass is 10.3. The molecule has 4 nitrogen and oxygen atoms in total. The molecule has 0 radical (unpaired) electrons. The van der Waals surface area contributed by atoms with Crippen LogP contribution in [0.5, 0.6) is 0 Å². The first kappa shape index (κ1) is 10.6. The van der Waals surface area contributed by atoms with Gasteiger partial charge < -0.3 is 5.73 Å². The zero-order valence-electron chi connectivity index (χ0n) is 7.30. The van der Waals surface area contributed by atoms with Gasteiger partial charge in [-0.15, -0.1) is 0 Å². The van der Waals surface area contributed by atoms with E-state index in [0.29, 0.717) is 10.7 Å². The van der Waals surface area contributed by atoms with Gasteiger partial charge in [0.1, 0.15) is 5.69 Å². The first-order chi connectivity index (χ1) is 6.36. The highest BCUT2D eigenvalue weighted by atomic mass is 19.4. The van der Waals surface area contributed by atoms with Crippen molar-refractivity contribution in [3.63, 3.8) is 0 Å². The molecule has 0 aliphatic carbocycles. The first-order valence-corrected chi connectivity index (χ1v) is 3.81. The van der Waals surface area contributed by atoms with Crippen LogP contribution in [-0.2, 0) is 12.7 Å². The van der Waals surface area contributed by atoms with Crippen LogP contribution in [0.1, 0.15) is 23.1 Å². The van der Waals surface area contributed by atoms with Crippen molar-refractivity contribution in [1.82, 2.24) is 9.78 Å². The van der Waals surface area contributed by atoms with E-state index in [-0.39, 0.29) is 12.2 Å². The Kier molecular flexibility index (Phi) is 2.50. The van der Waals surface area contributed by atoms with Crippen molar-refractivity contribution in [2.24, 2.45) is 5.73 Å². The van der Waals surface area contributed by atoms with Crippen LogP contribution >= 0.6 is 0 Å². The van der Waals surface area contributed by atoms with Gasteiger partial charge in [0, 0.05) is 12.6 Å². The number of hydrogen-bond donors (Lipinski definition) is 1. The van der Waals surface area contributed by atoms with Gasteiger partial charge in [-0.2, -0.15) is 18.3 Å². The Morgan fingerprint density at radius 1 is 1.64 bits per heavy atom. The SMILES string of the molecule is CCn1nc(C(N)=O)cc1C(F)(F)F. The zero-order valence-corrected chi connectivity index (χ0v) is 7.30. The smallest absolute Gasteiger partial charge is 0.364 e. The molecule has 1 aromatic rings. The molecule has 78 valence electrons. The Hall–Kier alpha value is -1.53. The molecule has 1 aromatic heterocycles. The van der Waals surface area contributed by atoms with Crippen LogP contribution in [-0.4, -0.2) is 15.7 Å². The van der Waals surface area contributed by atoms with E-state index in [0.717, 1.165) is 0 Å². The molecule has 2 N–H and O–H groups in total. The monoisotopic (exact) mass is 207 g/mol. The maximum Gasteiger partial charge on any atom is 0.433 e. The van der Waals surface area contributed by atoms with Gasteiger partial charge in [0.15, 0.2) is 5.69 Å². The molecule has 0 aromatic carbocycles. The summed E-state index contributed by atoms with van der Waals surface area (Å²) in [4.78, 5) is 10.6. The summed E-state index contributed by atoms with van der Waals surface area (Å²) in [5.74, 6) is -0.970. The predicted octanol–water partition coefficient (Wildman–Crippen LogP) is 1.02. The van der Waals surface area contributed by atoms with Gasteiger partial charge >= 0.3 is 6.18 Å². The fraction of sp³-hybridized carbons (Fsp3) is 0.429. The number of alkyl halides is 3. The lowest BCUT2D eigenvalue weighted by Crippen LogP contribution is -2.14. The largest absolute Gasteiger partial charge is 0.433 e. The molecule has 7 heteroatoms. The predicted molar refractivity (Wildman–Crippen MR) is 41.4 cm³/mol. The van der Waals surface area contributed by atoms with Crippen LogP contribution in [0.25, 0.3) is 0 Å². The van der Waals surface area contributed by atoms with Crippen LogP contribution in [0.3, 0.4) is 0 Å². The fourth-order valence-electron chi connectivity index (χ4n) is 1.01. The lowest BCUT2D eigenvalue weighted by molar-refractivity contribution is -0.144. The van der Waals surface area contributed by atoms with Crippen LogP contribution in [0.15, 0.2) is 6.07 Å². The second-order valence-corrected chi connectivity index (χ2v) is 2.59. The molecule has 0 unspecified atom stereocenters. The zero-order chi connectivity index (χ0) is 10.9. The molecular weight excluding hydrogens is 199 g/mol.